The predicted molar refractivity (Wildman–Crippen MR) is 90.0 cm³/mol. The first-order valence-corrected chi connectivity index (χ1v) is 7.74. The first kappa shape index (κ1) is 14.8. The van der Waals surface area contributed by atoms with E-state index in [1.807, 2.05) is 12.1 Å². The van der Waals surface area contributed by atoms with E-state index in [0.717, 1.165) is 24.0 Å². The summed E-state index contributed by atoms with van der Waals surface area (Å²) in [7, 11) is 1.66. The van der Waals surface area contributed by atoms with E-state index in [0.29, 0.717) is 5.56 Å². The van der Waals surface area contributed by atoms with Crippen molar-refractivity contribution in [1.82, 2.24) is 5.32 Å². The maximum atomic E-state index is 11.9. The van der Waals surface area contributed by atoms with Crippen LogP contribution in [0.5, 0.6) is 0 Å². The first-order chi connectivity index (χ1) is 10.5. The molecule has 3 N–H and O–H groups in total. The van der Waals surface area contributed by atoms with Crippen molar-refractivity contribution >= 4 is 5.91 Å². The Balaban J connectivity index is 2.16. The normalized spacial score (nSPS) is 16.5. The Labute approximate surface area is 131 Å². The third kappa shape index (κ3) is 2.32. The van der Waals surface area contributed by atoms with Crippen LogP contribution in [0.1, 0.15) is 45.1 Å². The lowest BCUT2D eigenvalue weighted by atomic mass is 9.89. The average molecular weight is 294 g/mol. The Hall–Kier alpha value is -2.13. The van der Waals surface area contributed by atoms with Crippen molar-refractivity contribution in [3.05, 3.63) is 58.1 Å². The summed E-state index contributed by atoms with van der Waals surface area (Å²) < 4.78 is 0. The summed E-state index contributed by atoms with van der Waals surface area (Å²) in [6, 6.07) is 10.5. The highest BCUT2D eigenvalue weighted by molar-refractivity contribution is 5.95. The number of nitrogens with two attached hydrogens (primary N) is 1. The number of aryl methyl sites for hydroxylation is 2. The second kappa shape index (κ2) is 5.58. The van der Waals surface area contributed by atoms with Crippen molar-refractivity contribution in [2.75, 3.05) is 7.05 Å². The SMILES string of the molecule is CNC(=O)c1cc(C)c(-c2cccc3c2CC[C@H]3N)c(C)c1. The third-order valence-corrected chi connectivity index (χ3v) is 4.61. The Bertz CT molecular complexity index is 726. The lowest BCUT2D eigenvalue weighted by Gasteiger charge is -2.16. The van der Waals surface area contributed by atoms with Gasteiger partial charge in [0.05, 0.1) is 0 Å². The fourth-order valence-corrected chi connectivity index (χ4v) is 3.58. The molecule has 114 valence electrons. The lowest BCUT2D eigenvalue weighted by molar-refractivity contribution is 0.0963. The van der Waals surface area contributed by atoms with Crippen LogP contribution in [0.2, 0.25) is 0 Å². The summed E-state index contributed by atoms with van der Waals surface area (Å²) in [5.74, 6) is -0.0435. The van der Waals surface area contributed by atoms with E-state index in [1.165, 1.54) is 22.3 Å². The van der Waals surface area contributed by atoms with Gasteiger partial charge >= 0.3 is 0 Å². The monoisotopic (exact) mass is 294 g/mol. The zero-order valence-corrected chi connectivity index (χ0v) is 13.4. The van der Waals surface area contributed by atoms with Gasteiger partial charge in [-0.1, -0.05) is 18.2 Å². The molecule has 3 rings (SSSR count). The summed E-state index contributed by atoms with van der Waals surface area (Å²) in [4.78, 5) is 11.9. The van der Waals surface area contributed by atoms with Gasteiger partial charge in [-0.2, -0.15) is 0 Å². The quantitative estimate of drug-likeness (QED) is 0.893. The molecule has 1 atom stereocenters. The van der Waals surface area contributed by atoms with E-state index in [9.17, 15) is 4.79 Å². The standard InChI is InChI=1S/C19H22N2O/c1-11-9-13(19(22)21-3)10-12(2)18(11)16-6-4-5-15-14(16)7-8-17(15)20/h4-6,9-10,17H,7-8,20H2,1-3H3,(H,21,22)/t17-/m1/s1. The van der Waals surface area contributed by atoms with Gasteiger partial charge in [-0.05, 0) is 72.2 Å². The molecule has 0 aromatic heterocycles. The van der Waals surface area contributed by atoms with Gasteiger partial charge < -0.3 is 11.1 Å². The largest absolute Gasteiger partial charge is 0.355 e. The van der Waals surface area contributed by atoms with Crippen LogP contribution in [0.25, 0.3) is 11.1 Å². The van der Waals surface area contributed by atoms with Crippen LogP contribution in [0.15, 0.2) is 30.3 Å². The number of rotatable bonds is 2. The van der Waals surface area contributed by atoms with Crippen molar-refractivity contribution in [3.8, 4) is 11.1 Å². The summed E-state index contributed by atoms with van der Waals surface area (Å²) in [5.41, 5.74) is 14.3. The molecule has 0 saturated carbocycles. The van der Waals surface area contributed by atoms with Gasteiger partial charge in [0, 0.05) is 18.7 Å². The minimum absolute atomic E-state index is 0.0435. The van der Waals surface area contributed by atoms with Gasteiger partial charge in [-0.3, -0.25) is 4.79 Å². The zero-order valence-electron chi connectivity index (χ0n) is 13.4. The lowest BCUT2D eigenvalue weighted by Crippen LogP contribution is -2.18. The molecule has 0 fully saturated rings. The topological polar surface area (TPSA) is 55.1 Å². The smallest absolute Gasteiger partial charge is 0.251 e. The highest BCUT2D eigenvalue weighted by Crippen LogP contribution is 2.39. The first-order valence-electron chi connectivity index (χ1n) is 7.74. The molecule has 0 saturated heterocycles. The van der Waals surface area contributed by atoms with Crippen molar-refractivity contribution in [2.24, 2.45) is 5.73 Å². The van der Waals surface area contributed by atoms with Gasteiger partial charge in [0.15, 0.2) is 0 Å². The maximum absolute atomic E-state index is 11.9. The number of hydrogen-bond acceptors (Lipinski definition) is 2. The summed E-state index contributed by atoms with van der Waals surface area (Å²) in [6.45, 7) is 4.14. The molecular weight excluding hydrogens is 272 g/mol. The third-order valence-electron chi connectivity index (χ3n) is 4.61. The van der Waals surface area contributed by atoms with Crippen molar-refractivity contribution in [2.45, 2.75) is 32.7 Å². The van der Waals surface area contributed by atoms with Gasteiger partial charge in [-0.25, -0.2) is 0 Å². The minimum atomic E-state index is -0.0435. The molecule has 3 heteroatoms. The van der Waals surface area contributed by atoms with E-state index >= 15 is 0 Å². The number of hydrogen-bond donors (Lipinski definition) is 2. The van der Waals surface area contributed by atoms with Crippen LogP contribution in [0.4, 0.5) is 0 Å². The van der Waals surface area contributed by atoms with Crippen molar-refractivity contribution < 1.29 is 4.79 Å². The molecule has 0 spiro atoms. The second-order valence-electron chi connectivity index (χ2n) is 6.08. The summed E-state index contributed by atoms with van der Waals surface area (Å²) in [5, 5.41) is 2.69. The van der Waals surface area contributed by atoms with Gasteiger partial charge in [0.25, 0.3) is 5.91 Å². The number of fused-ring (bicyclic) bond motifs is 1. The Morgan fingerprint density at radius 3 is 2.55 bits per heavy atom. The van der Waals surface area contributed by atoms with Crippen LogP contribution in [0.3, 0.4) is 0 Å². The number of amides is 1. The molecule has 2 aromatic carbocycles. The highest BCUT2D eigenvalue weighted by atomic mass is 16.1. The fraction of sp³-hybridized carbons (Fsp3) is 0.316. The molecule has 0 heterocycles. The van der Waals surface area contributed by atoms with Crippen molar-refractivity contribution in [1.29, 1.82) is 0 Å². The Morgan fingerprint density at radius 2 is 1.91 bits per heavy atom. The molecule has 1 amide bonds. The Kier molecular flexibility index (Phi) is 3.75. The molecule has 1 aliphatic carbocycles. The van der Waals surface area contributed by atoms with Crippen molar-refractivity contribution in [3.63, 3.8) is 0 Å². The minimum Gasteiger partial charge on any atom is -0.355 e. The molecule has 0 unspecified atom stereocenters. The van der Waals surface area contributed by atoms with Crippen LogP contribution in [-0.2, 0) is 6.42 Å². The second-order valence-corrected chi connectivity index (χ2v) is 6.08. The van der Waals surface area contributed by atoms with Gasteiger partial charge in [-0.15, -0.1) is 0 Å². The van der Waals surface area contributed by atoms with Gasteiger partial charge in [0.1, 0.15) is 0 Å². The molecule has 0 aliphatic heterocycles. The molecule has 2 aromatic rings. The number of nitrogens with one attached hydrogen (secondary N) is 1. The van der Waals surface area contributed by atoms with E-state index in [-0.39, 0.29) is 11.9 Å². The maximum Gasteiger partial charge on any atom is 0.251 e. The molecule has 22 heavy (non-hydrogen) atoms. The fourth-order valence-electron chi connectivity index (χ4n) is 3.58. The van der Waals surface area contributed by atoms with Crippen LogP contribution >= 0.6 is 0 Å². The van der Waals surface area contributed by atoms with E-state index in [4.69, 9.17) is 5.73 Å². The van der Waals surface area contributed by atoms with Crippen LogP contribution in [0, 0.1) is 13.8 Å². The molecule has 3 nitrogen and oxygen atoms in total. The Morgan fingerprint density at radius 1 is 1.23 bits per heavy atom. The predicted octanol–water partition coefficient (Wildman–Crippen LogP) is 3.28. The molecule has 0 radical (unpaired) electrons. The number of benzene rings is 2. The molecular formula is C19H22N2O. The van der Waals surface area contributed by atoms with Crippen LogP contribution < -0.4 is 11.1 Å². The molecule has 1 aliphatic rings. The van der Waals surface area contributed by atoms with E-state index in [1.54, 1.807) is 7.05 Å². The van der Waals surface area contributed by atoms with Crippen LogP contribution in [-0.4, -0.2) is 13.0 Å². The average Bonchev–Trinajstić information content (AvgIpc) is 2.88. The summed E-state index contributed by atoms with van der Waals surface area (Å²) in [6.07, 6.45) is 2.05. The highest BCUT2D eigenvalue weighted by Gasteiger charge is 2.23. The van der Waals surface area contributed by atoms with Gasteiger partial charge in [0.2, 0.25) is 0 Å². The number of carbonyl (C=O) groups is 1. The zero-order chi connectivity index (χ0) is 15.9. The van der Waals surface area contributed by atoms with E-state index in [2.05, 4.69) is 37.4 Å². The van der Waals surface area contributed by atoms with E-state index < -0.39 is 0 Å². The summed E-state index contributed by atoms with van der Waals surface area (Å²) >= 11 is 0. The number of carbonyl (C=O) groups excluding carboxylic acids is 1. The molecule has 0 bridgehead atoms.